The van der Waals surface area contributed by atoms with Crippen molar-refractivity contribution in [2.24, 2.45) is 5.92 Å². The van der Waals surface area contributed by atoms with E-state index >= 15 is 0 Å². The second-order valence-corrected chi connectivity index (χ2v) is 4.32. The van der Waals surface area contributed by atoms with Crippen molar-refractivity contribution in [2.45, 2.75) is 12.3 Å². The van der Waals surface area contributed by atoms with Gasteiger partial charge >= 0.3 is 0 Å². The zero-order valence-corrected chi connectivity index (χ0v) is 8.50. The second-order valence-electron chi connectivity index (χ2n) is 4.32. The highest BCUT2D eigenvalue weighted by Gasteiger charge is 2.33. The van der Waals surface area contributed by atoms with Crippen LogP contribution in [0.5, 0.6) is 5.75 Å². The number of rotatable bonds is 0. The predicted molar refractivity (Wildman–Crippen MR) is 55.6 cm³/mol. The molecule has 0 amide bonds. The molecule has 2 atom stereocenters. The summed E-state index contributed by atoms with van der Waals surface area (Å²) in [5.41, 5.74) is 1.04. The van der Waals surface area contributed by atoms with Crippen LogP contribution in [0.4, 0.5) is 4.39 Å². The molecule has 2 aliphatic heterocycles. The van der Waals surface area contributed by atoms with Crippen LogP contribution in [0.25, 0.3) is 0 Å². The van der Waals surface area contributed by atoms with Crippen molar-refractivity contribution in [1.82, 2.24) is 5.32 Å². The van der Waals surface area contributed by atoms with Gasteiger partial charge in [0, 0.05) is 18.0 Å². The number of benzene rings is 1. The SMILES string of the molecule is Fc1cccc2c1OCC[C@@H]1CNC[C@@H]21. The van der Waals surface area contributed by atoms with Crippen LogP contribution in [-0.2, 0) is 0 Å². The maximum absolute atomic E-state index is 13.6. The van der Waals surface area contributed by atoms with E-state index < -0.39 is 0 Å². The Balaban J connectivity index is 2.09. The Labute approximate surface area is 88.4 Å². The Morgan fingerprint density at radius 3 is 3.20 bits per heavy atom. The van der Waals surface area contributed by atoms with Crippen molar-refractivity contribution in [1.29, 1.82) is 0 Å². The van der Waals surface area contributed by atoms with Gasteiger partial charge in [-0.05, 0) is 24.9 Å². The molecule has 1 fully saturated rings. The van der Waals surface area contributed by atoms with Crippen molar-refractivity contribution in [2.75, 3.05) is 19.7 Å². The van der Waals surface area contributed by atoms with Gasteiger partial charge in [0.25, 0.3) is 0 Å². The summed E-state index contributed by atoms with van der Waals surface area (Å²) in [7, 11) is 0. The lowest BCUT2D eigenvalue weighted by molar-refractivity contribution is 0.284. The number of nitrogens with one attached hydrogen (secondary N) is 1. The average molecular weight is 207 g/mol. The lowest BCUT2D eigenvalue weighted by atomic mass is 9.87. The number of hydrogen-bond donors (Lipinski definition) is 1. The van der Waals surface area contributed by atoms with Crippen LogP contribution in [0, 0.1) is 11.7 Å². The number of halogens is 1. The number of para-hydroxylation sites is 1. The Hall–Kier alpha value is -1.09. The molecule has 1 aromatic rings. The van der Waals surface area contributed by atoms with Crippen LogP contribution in [0.15, 0.2) is 18.2 Å². The quantitative estimate of drug-likeness (QED) is 0.701. The van der Waals surface area contributed by atoms with Gasteiger partial charge in [0.05, 0.1) is 6.61 Å². The van der Waals surface area contributed by atoms with Gasteiger partial charge in [0.2, 0.25) is 0 Å². The van der Waals surface area contributed by atoms with Crippen molar-refractivity contribution >= 4 is 0 Å². The van der Waals surface area contributed by atoms with E-state index in [1.807, 2.05) is 6.07 Å². The van der Waals surface area contributed by atoms with Crippen molar-refractivity contribution < 1.29 is 9.13 Å². The van der Waals surface area contributed by atoms with Gasteiger partial charge in [0.15, 0.2) is 11.6 Å². The summed E-state index contributed by atoms with van der Waals surface area (Å²) in [5, 5.41) is 3.37. The van der Waals surface area contributed by atoms with Crippen molar-refractivity contribution in [3.63, 3.8) is 0 Å². The summed E-state index contributed by atoms with van der Waals surface area (Å²) in [6.45, 7) is 2.62. The van der Waals surface area contributed by atoms with Gasteiger partial charge in [-0.25, -0.2) is 4.39 Å². The predicted octanol–water partition coefficient (Wildman–Crippen LogP) is 1.91. The van der Waals surface area contributed by atoms with Gasteiger partial charge in [-0.2, -0.15) is 0 Å². The van der Waals surface area contributed by atoms with E-state index in [1.165, 1.54) is 6.07 Å². The van der Waals surface area contributed by atoms with E-state index in [4.69, 9.17) is 4.74 Å². The van der Waals surface area contributed by atoms with Crippen LogP contribution in [0.1, 0.15) is 17.9 Å². The Kier molecular flexibility index (Phi) is 2.13. The van der Waals surface area contributed by atoms with Crippen LogP contribution in [0.3, 0.4) is 0 Å². The van der Waals surface area contributed by atoms with E-state index in [9.17, 15) is 4.39 Å². The third-order valence-corrected chi connectivity index (χ3v) is 3.47. The molecule has 0 radical (unpaired) electrons. The van der Waals surface area contributed by atoms with Crippen LogP contribution >= 0.6 is 0 Å². The second kappa shape index (κ2) is 3.49. The van der Waals surface area contributed by atoms with Gasteiger partial charge in [-0.1, -0.05) is 12.1 Å². The summed E-state index contributed by atoms with van der Waals surface area (Å²) in [5.74, 6) is 1.29. The van der Waals surface area contributed by atoms with Crippen LogP contribution < -0.4 is 10.1 Å². The molecular weight excluding hydrogens is 193 g/mol. The highest BCUT2D eigenvalue weighted by molar-refractivity contribution is 5.39. The zero-order valence-electron chi connectivity index (χ0n) is 8.50. The zero-order chi connectivity index (χ0) is 10.3. The lowest BCUT2D eigenvalue weighted by Gasteiger charge is -2.15. The number of hydrogen-bond acceptors (Lipinski definition) is 2. The Morgan fingerprint density at radius 1 is 1.33 bits per heavy atom. The normalized spacial score (nSPS) is 28.9. The van der Waals surface area contributed by atoms with Gasteiger partial charge < -0.3 is 10.1 Å². The topological polar surface area (TPSA) is 21.3 Å². The van der Waals surface area contributed by atoms with Gasteiger partial charge in [-0.15, -0.1) is 0 Å². The molecule has 80 valence electrons. The molecule has 2 nitrogen and oxygen atoms in total. The molecule has 3 rings (SSSR count). The fourth-order valence-electron chi connectivity index (χ4n) is 2.68. The maximum atomic E-state index is 13.6. The lowest BCUT2D eigenvalue weighted by Crippen LogP contribution is -2.11. The molecule has 2 aliphatic rings. The third-order valence-electron chi connectivity index (χ3n) is 3.47. The van der Waals surface area contributed by atoms with Gasteiger partial charge in [-0.3, -0.25) is 0 Å². The minimum Gasteiger partial charge on any atom is -0.490 e. The molecule has 0 aliphatic carbocycles. The summed E-state index contributed by atoms with van der Waals surface area (Å²) in [6.07, 6.45) is 1.02. The standard InChI is InChI=1S/C12H14FNO/c13-11-3-1-2-9-10-7-14-6-8(10)4-5-15-12(9)11/h1-3,8,10,14H,4-7H2/t8-,10-/m1/s1. The maximum Gasteiger partial charge on any atom is 0.165 e. The van der Waals surface area contributed by atoms with Crippen LogP contribution in [0.2, 0.25) is 0 Å². The molecule has 0 unspecified atom stereocenters. The van der Waals surface area contributed by atoms with E-state index in [0.717, 1.165) is 25.1 Å². The first kappa shape index (κ1) is 9.16. The molecule has 3 heteroatoms. The number of ether oxygens (including phenoxy) is 1. The largest absolute Gasteiger partial charge is 0.490 e. The van der Waals surface area contributed by atoms with Crippen LogP contribution in [-0.4, -0.2) is 19.7 Å². The van der Waals surface area contributed by atoms with E-state index in [2.05, 4.69) is 5.32 Å². The van der Waals surface area contributed by atoms with Crippen molar-refractivity contribution in [3.8, 4) is 5.75 Å². The van der Waals surface area contributed by atoms with E-state index in [1.54, 1.807) is 6.07 Å². The van der Waals surface area contributed by atoms with Crippen molar-refractivity contribution in [3.05, 3.63) is 29.6 Å². The molecular formula is C12H14FNO. The molecule has 0 saturated carbocycles. The highest BCUT2D eigenvalue weighted by Crippen LogP contribution is 2.39. The van der Waals surface area contributed by atoms with E-state index in [-0.39, 0.29) is 5.82 Å². The first-order valence-corrected chi connectivity index (χ1v) is 5.48. The summed E-state index contributed by atoms with van der Waals surface area (Å²) >= 11 is 0. The monoisotopic (exact) mass is 207 g/mol. The molecule has 2 heterocycles. The molecule has 1 aromatic carbocycles. The number of fused-ring (bicyclic) bond motifs is 3. The van der Waals surface area contributed by atoms with Gasteiger partial charge in [0.1, 0.15) is 0 Å². The summed E-state index contributed by atoms with van der Waals surface area (Å²) in [6, 6.07) is 5.24. The molecule has 0 spiro atoms. The minimum absolute atomic E-state index is 0.222. The fraction of sp³-hybridized carbons (Fsp3) is 0.500. The smallest absolute Gasteiger partial charge is 0.165 e. The Bertz CT molecular complexity index is 380. The first-order chi connectivity index (χ1) is 7.36. The minimum atomic E-state index is -0.222. The Morgan fingerprint density at radius 2 is 2.27 bits per heavy atom. The molecule has 0 aromatic heterocycles. The summed E-state index contributed by atoms with van der Waals surface area (Å²) in [4.78, 5) is 0. The average Bonchev–Trinajstić information content (AvgIpc) is 2.62. The first-order valence-electron chi connectivity index (χ1n) is 5.48. The van der Waals surface area contributed by atoms with E-state index in [0.29, 0.717) is 24.2 Å². The molecule has 15 heavy (non-hydrogen) atoms. The third kappa shape index (κ3) is 1.42. The molecule has 0 bridgehead atoms. The molecule has 1 N–H and O–H groups in total. The summed E-state index contributed by atoms with van der Waals surface area (Å²) < 4.78 is 19.1. The highest BCUT2D eigenvalue weighted by atomic mass is 19.1. The molecule has 1 saturated heterocycles. The fourth-order valence-corrected chi connectivity index (χ4v) is 2.68.